The second-order valence-corrected chi connectivity index (χ2v) is 8.47. The maximum atomic E-state index is 12.8. The monoisotopic (exact) mass is 456 g/mol. The molecule has 134 valence electrons. The number of para-hydroxylation sites is 1. The molecule has 6 heteroatoms. The summed E-state index contributed by atoms with van der Waals surface area (Å²) in [7, 11) is 0. The largest absolute Gasteiger partial charge is 0.321 e. The third-order valence-electron chi connectivity index (χ3n) is 4.12. The molecule has 0 aliphatic rings. The Morgan fingerprint density at radius 2 is 1.93 bits per heavy atom. The molecule has 1 aromatic heterocycles. The van der Waals surface area contributed by atoms with E-state index in [0.717, 1.165) is 30.8 Å². The van der Waals surface area contributed by atoms with Crippen LogP contribution >= 0.6 is 38.9 Å². The van der Waals surface area contributed by atoms with Crippen LogP contribution in [0, 0.1) is 6.92 Å². The van der Waals surface area contributed by atoms with Crippen molar-refractivity contribution < 1.29 is 4.79 Å². The molecular weight excluding hydrogens is 444 g/mol. The summed E-state index contributed by atoms with van der Waals surface area (Å²) in [6, 6.07) is 19.1. The highest BCUT2D eigenvalue weighted by molar-refractivity contribution is 9.10. The second kappa shape index (κ2) is 7.43. The van der Waals surface area contributed by atoms with Crippen molar-refractivity contribution in [3.8, 4) is 10.6 Å². The van der Waals surface area contributed by atoms with E-state index in [2.05, 4.69) is 21.2 Å². The fourth-order valence-corrected chi connectivity index (χ4v) is 4.46. The molecule has 0 unspecified atom stereocenters. The van der Waals surface area contributed by atoms with Gasteiger partial charge < -0.3 is 5.32 Å². The number of fused-ring (bicyclic) bond motifs is 1. The summed E-state index contributed by atoms with van der Waals surface area (Å²) in [6.07, 6.45) is 0. The van der Waals surface area contributed by atoms with Gasteiger partial charge >= 0.3 is 0 Å². The van der Waals surface area contributed by atoms with Crippen molar-refractivity contribution in [2.24, 2.45) is 0 Å². The number of aryl methyl sites for hydroxylation is 1. The first-order valence-corrected chi connectivity index (χ1v) is 10.2. The third kappa shape index (κ3) is 3.76. The van der Waals surface area contributed by atoms with E-state index < -0.39 is 0 Å². The van der Waals surface area contributed by atoms with Crippen LogP contribution in [0.15, 0.2) is 65.1 Å². The maximum Gasteiger partial charge on any atom is 0.257 e. The van der Waals surface area contributed by atoms with Crippen LogP contribution in [-0.2, 0) is 0 Å². The number of thiazole rings is 1. The molecule has 27 heavy (non-hydrogen) atoms. The highest BCUT2D eigenvalue weighted by atomic mass is 79.9. The van der Waals surface area contributed by atoms with Crippen LogP contribution in [0.2, 0.25) is 5.02 Å². The van der Waals surface area contributed by atoms with Crippen LogP contribution in [0.3, 0.4) is 0 Å². The average molecular weight is 458 g/mol. The lowest BCUT2D eigenvalue weighted by atomic mass is 10.1. The van der Waals surface area contributed by atoms with Crippen LogP contribution in [0.1, 0.15) is 15.9 Å². The lowest BCUT2D eigenvalue weighted by molar-refractivity contribution is 0.102. The Balaban J connectivity index is 1.74. The minimum Gasteiger partial charge on any atom is -0.321 e. The normalized spacial score (nSPS) is 10.9. The standard InChI is InChI=1S/C21H14BrClN2OS/c1-12-6-8-14(16(23)10-12)20(26)24-17-9-7-13(22)11-15(17)21-25-18-4-2-3-5-19(18)27-21/h2-11H,1H3,(H,24,26). The Labute approximate surface area is 174 Å². The van der Waals surface area contributed by atoms with E-state index in [1.54, 1.807) is 23.5 Å². The van der Waals surface area contributed by atoms with Gasteiger partial charge in [0.25, 0.3) is 5.91 Å². The number of carbonyl (C=O) groups excluding carboxylic acids is 1. The van der Waals surface area contributed by atoms with Gasteiger partial charge in [0.2, 0.25) is 0 Å². The van der Waals surface area contributed by atoms with E-state index in [4.69, 9.17) is 16.6 Å². The van der Waals surface area contributed by atoms with Gasteiger partial charge in [0, 0.05) is 10.0 Å². The van der Waals surface area contributed by atoms with E-state index in [1.165, 1.54) is 0 Å². The molecule has 0 fully saturated rings. The number of amides is 1. The lowest BCUT2D eigenvalue weighted by Crippen LogP contribution is -2.13. The Bertz CT molecular complexity index is 1140. The van der Waals surface area contributed by atoms with E-state index in [-0.39, 0.29) is 5.91 Å². The number of hydrogen-bond donors (Lipinski definition) is 1. The number of hydrogen-bond acceptors (Lipinski definition) is 3. The topological polar surface area (TPSA) is 42.0 Å². The number of rotatable bonds is 3. The summed E-state index contributed by atoms with van der Waals surface area (Å²) in [5.41, 5.74) is 3.95. The Morgan fingerprint density at radius 3 is 2.70 bits per heavy atom. The molecule has 0 saturated heterocycles. The van der Waals surface area contributed by atoms with Crippen LogP contribution in [0.5, 0.6) is 0 Å². The molecule has 0 bridgehead atoms. The molecule has 1 amide bonds. The molecule has 0 aliphatic heterocycles. The highest BCUT2D eigenvalue weighted by Gasteiger charge is 2.16. The van der Waals surface area contributed by atoms with Gasteiger partial charge in [0.15, 0.2) is 0 Å². The van der Waals surface area contributed by atoms with Gasteiger partial charge in [-0.3, -0.25) is 4.79 Å². The Hall–Kier alpha value is -2.21. The van der Waals surface area contributed by atoms with Crippen LogP contribution < -0.4 is 5.32 Å². The van der Waals surface area contributed by atoms with E-state index >= 15 is 0 Å². The van der Waals surface area contributed by atoms with Crippen molar-refractivity contribution in [1.29, 1.82) is 0 Å². The molecule has 4 rings (SSSR count). The van der Waals surface area contributed by atoms with Crippen molar-refractivity contribution in [3.63, 3.8) is 0 Å². The summed E-state index contributed by atoms with van der Waals surface area (Å²) in [4.78, 5) is 17.5. The van der Waals surface area contributed by atoms with Crippen molar-refractivity contribution in [2.75, 3.05) is 5.32 Å². The van der Waals surface area contributed by atoms with Gasteiger partial charge in [-0.2, -0.15) is 0 Å². The van der Waals surface area contributed by atoms with Crippen LogP contribution in [-0.4, -0.2) is 10.9 Å². The molecule has 0 spiro atoms. The predicted octanol–water partition coefficient (Wildman–Crippen LogP) is 6.94. The number of benzene rings is 3. The van der Waals surface area contributed by atoms with Gasteiger partial charge in [-0.15, -0.1) is 11.3 Å². The number of nitrogens with zero attached hydrogens (tertiary/aromatic N) is 1. The van der Waals surface area contributed by atoms with Crippen molar-refractivity contribution in [1.82, 2.24) is 4.98 Å². The van der Waals surface area contributed by atoms with Crippen molar-refractivity contribution >= 4 is 60.7 Å². The van der Waals surface area contributed by atoms with Crippen molar-refractivity contribution in [2.45, 2.75) is 6.92 Å². The fraction of sp³-hybridized carbons (Fsp3) is 0.0476. The summed E-state index contributed by atoms with van der Waals surface area (Å²) >= 11 is 11.4. The fourth-order valence-electron chi connectivity index (χ4n) is 2.78. The molecule has 1 N–H and O–H groups in total. The van der Waals surface area contributed by atoms with E-state index in [9.17, 15) is 4.79 Å². The summed E-state index contributed by atoms with van der Waals surface area (Å²) < 4.78 is 2.02. The molecule has 0 radical (unpaired) electrons. The highest BCUT2D eigenvalue weighted by Crippen LogP contribution is 2.36. The molecular formula is C21H14BrClN2OS. The third-order valence-corrected chi connectivity index (χ3v) is 6.00. The number of carbonyl (C=O) groups is 1. The van der Waals surface area contributed by atoms with Gasteiger partial charge in [0.1, 0.15) is 5.01 Å². The van der Waals surface area contributed by atoms with E-state index in [1.807, 2.05) is 55.5 Å². The minimum atomic E-state index is -0.246. The first-order chi connectivity index (χ1) is 13.0. The molecule has 0 saturated carbocycles. The van der Waals surface area contributed by atoms with Gasteiger partial charge in [-0.1, -0.05) is 45.7 Å². The molecule has 3 nitrogen and oxygen atoms in total. The zero-order valence-corrected chi connectivity index (χ0v) is 17.5. The molecule has 1 heterocycles. The Kier molecular flexibility index (Phi) is 5.00. The summed E-state index contributed by atoms with van der Waals surface area (Å²) in [6.45, 7) is 1.94. The lowest BCUT2D eigenvalue weighted by Gasteiger charge is -2.11. The van der Waals surface area contributed by atoms with Gasteiger partial charge in [0.05, 0.1) is 26.5 Å². The predicted molar refractivity (Wildman–Crippen MR) is 117 cm³/mol. The van der Waals surface area contributed by atoms with Crippen LogP contribution in [0.25, 0.3) is 20.8 Å². The second-order valence-electron chi connectivity index (χ2n) is 6.11. The van der Waals surface area contributed by atoms with Crippen LogP contribution in [0.4, 0.5) is 5.69 Å². The quantitative estimate of drug-likeness (QED) is 0.362. The number of nitrogens with one attached hydrogen (secondary N) is 1. The number of anilines is 1. The smallest absolute Gasteiger partial charge is 0.257 e. The number of halogens is 2. The first-order valence-electron chi connectivity index (χ1n) is 8.24. The SMILES string of the molecule is Cc1ccc(C(=O)Nc2ccc(Br)cc2-c2nc3ccccc3s2)c(Cl)c1. The van der Waals surface area contributed by atoms with E-state index in [0.29, 0.717) is 16.3 Å². The molecule has 0 aliphatic carbocycles. The zero-order chi connectivity index (χ0) is 19.0. The number of aromatic nitrogens is 1. The van der Waals surface area contributed by atoms with Gasteiger partial charge in [-0.25, -0.2) is 4.98 Å². The average Bonchev–Trinajstić information content (AvgIpc) is 3.07. The summed E-state index contributed by atoms with van der Waals surface area (Å²) in [5, 5.41) is 4.27. The van der Waals surface area contributed by atoms with Gasteiger partial charge in [-0.05, 0) is 55.0 Å². The Morgan fingerprint density at radius 1 is 1.11 bits per heavy atom. The van der Waals surface area contributed by atoms with Crippen molar-refractivity contribution in [3.05, 3.63) is 81.3 Å². The minimum absolute atomic E-state index is 0.246. The first kappa shape index (κ1) is 18.2. The summed E-state index contributed by atoms with van der Waals surface area (Å²) in [5.74, 6) is -0.246. The maximum absolute atomic E-state index is 12.8. The molecule has 0 atom stereocenters. The zero-order valence-electron chi connectivity index (χ0n) is 14.3. The molecule has 4 aromatic rings. The molecule has 3 aromatic carbocycles.